The smallest absolute Gasteiger partial charge is 0.125 e. The molecule has 0 radical (unpaired) electrons. The third-order valence-corrected chi connectivity index (χ3v) is 2.38. The molecule has 0 aliphatic heterocycles. The second-order valence-corrected chi connectivity index (χ2v) is 3.52. The highest BCUT2D eigenvalue weighted by Crippen LogP contribution is 2.25. The second kappa shape index (κ2) is 4.57. The summed E-state index contributed by atoms with van der Waals surface area (Å²) in [4.78, 5) is 0. The third-order valence-electron chi connectivity index (χ3n) is 2.38. The standard InChI is InChI=1S/C13H11NO3/c15-10-6-7-12(16)11(8-10)13(14-17)9-4-2-1-3-5-9/h1-8,15-17H/b14-13-. The number of phenols is 2. The zero-order chi connectivity index (χ0) is 12.3. The molecule has 3 N–H and O–H groups in total. The SMILES string of the molecule is O/N=C(/c1ccccc1)c1cc(O)ccc1O. The van der Waals surface area contributed by atoms with E-state index in [-0.39, 0.29) is 22.8 Å². The van der Waals surface area contributed by atoms with E-state index in [4.69, 9.17) is 5.21 Å². The molecule has 4 heteroatoms. The Balaban J connectivity index is 2.54. The van der Waals surface area contributed by atoms with Crippen molar-refractivity contribution in [3.8, 4) is 11.5 Å². The third kappa shape index (κ3) is 2.20. The summed E-state index contributed by atoms with van der Waals surface area (Å²) in [5, 5.41) is 31.3. The fourth-order valence-corrected chi connectivity index (χ4v) is 1.58. The lowest BCUT2D eigenvalue weighted by Gasteiger charge is -2.07. The van der Waals surface area contributed by atoms with Crippen LogP contribution in [0.1, 0.15) is 11.1 Å². The van der Waals surface area contributed by atoms with Gasteiger partial charge in [-0.15, -0.1) is 0 Å². The number of aromatic hydroxyl groups is 2. The van der Waals surface area contributed by atoms with Crippen LogP contribution < -0.4 is 0 Å². The van der Waals surface area contributed by atoms with Gasteiger partial charge in [-0.25, -0.2) is 0 Å². The number of nitrogens with zero attached hydrogens (tertiary/aromatic N) is 1. The van der Waals surface area contributed by atoms with E-state index in [2.05, 4.69) is 5.16 Å². The number of oxime groups is 1. The first-order chi connectivity index (χ1) is 8.22. The van der Waals surface area contributed by atoms with E-state index in [0.29, 0.717) is 5.56 Å². The monoisotopic (exact) mass is 229 g/mol. The van der Waals surface area contributed by atoms with Crippen molar-refractivity contribution in [1.29, 1.82) is 0 Å². The Morgan fingerprint density at radius 1 is 0.941 bits per heavy atom. The van der Waals surface area contributed by atoms with Crippen LogP contribution in [0.4, 0.5) is 0 Å². The van der Waals surface area contributed by atoms with Gasteiger partial charge in [0, 0.05) is 11.1 Å². The van der Waals surface area contributed by atoms with E-state index in [0.717, 1.165) is 0 Å². The van der Waals surface area contributed by atoms with Crippen molar-refractivity contribution < 1.29 is 15.4 Å². The van der Waals surface area contributed by atoms with Crippen LogP contribution in [-0.2, 0) is 0 Å². The fraction of sp³-hybridized carbons (Fsp3) is 0. The van der Waals surface area contributed by atoms with Gasteiger partial charge < -0.3 is 15.4 Å². The molecular weight excluding hydrogens is 218 g/mol. The summed E-state index contributed by atoms with van der Waals surface area (Å²) in [6.45, 7) is 0. The number of rotatable bonds is 2. The minimum Gasteiger partial charge on any atom is -0.508 e. The van der Waals surface area contributed by atoms with Gasteiger partial charge in [0.05, 0.1) is 0 Å². The van der Waals surface area contributed by atoms with Crippen LogP contribution >= 0.6 is 0 Å². The van der Waals surface area contributed by atoms with Crippen LogP contribution in [0.25, 0.3) is 0 Å². The Hall–Kier alpha value is -2.49. The van der Waals surface area contributed by atoms with Crippen molar-refractivity contribution in [1.82, 2.24) is 0 Å². The van der Waals surface area contributed by atoms with Crippen molar-refractivity contribution in [2.45, 2.75) is 0 Å². The van der Waals surface area contributed by atoms with Crippen LogP contribution in [0.2, 0.25) is 0 Å². The van der Waals surface area contributed by atoms with Crippen LogP contribution in [0.5, 0.6) is 11.5 Å². The summed E-state index contributed by atoms with van der Waals surface area (Å²) in [5.41, 5.74) is 1.13. The number of phenolic OH excluding ortho intramolecular Hbond substituents is 2. The summed E-state index contributed by atoms with van der Waals surface area (Å²) in [7, 11) is 0. The topological polar surface area (TPSA) is 73.1 Å². The lowest BCUT2D eigenvalue weighted by Crippen LogP contribution is -2.03. The molecule has 0 spiro atoms. The molecule has 2 aromatic rings. The molecule has 0 atom stereocenters. The number of hydrogen-bond donors (Lipinski definition) is 3. The molecular formula is C13H11NO3. The highest BCUT2D eigenvalue weighted by molar-refractivity contribution is 6.14. The summed E-state index contributed by atoms with van der Waals surface area (Å²) in [6, 6.07) is 13.0. The molecule has 0 aromatic heterocycles. The Labute approximate surface area is 98.1 Å². The molecule has 0 amide bonds. The maximum Gasteiger partial charge on any atom is 0.125 e. The molecule has 2 aromatic carbocycles. The maximum absolute atomic E-state index is 9.69. The summed E-state index contributed by atoms with van der Waals surface area (Å²) < 4.78 is 0. The Bertz CT molecular complexity index is 550. The predicted molar refractivity (Wildman–Crippen MR) is 63.6 cm³/mol. The zero-order valence-electron chi connectivity index (χ0n) is 8.91. The highest BCUT2D eigenvalue weighted by atomic mass is 16.4. The first-order valence-corrected chi connectivity index (χ1v) is 5.02. The first kappa shape index (κ1) is 11.0. The van der Waals surface area contributed by atoms with Crippen molar-refractivity contribution in [3.63, 3.8) is 0 Å². The van der Waals surface area contributed by atoms with Crippen LogP contribution in [0, 0.1) is 0 Å². The zero-order valence-corrected chi connectivity index (χ0v) is 8.91. The van der Waals surface area contributed by atoms with E-state index in [9.17, 15) is 10.2 Å². The van der Waals surface area contributed by atoms with E-state index < -0.39 is 0 Å². The Morgan fingerprint density at radius 3 is 2.29 bits per heavy atom. The summed E-state index contributed by atoms with van der Waals surface area (Å²) in [6.07, 6.45) is 0. The Morgan fingerprint density at radius 2 is 1.65 bits per heavy atom. The first-order valence-electron chi connectivity index (χ1n) is 5.02. The van der Waals surface area contributed by atoms with Gasteiger partial charge in [-0.2, -0.15) is 0 Å². The minimum atomic E-state index is -0.0561. The maximum atomic E-state index is 9.69. The van der Waals surface area contributed by atoms with Gasteiger partial charge in [0.2, 0.25) is 0 Å². The van der Waals surface area contributed by atoms with Gasteiger partial charge in [0.1, 0.15) is 17.2 Å². The molecule has 0 saturated heterocycles. The van der Waals surface area contributed by atoms with E-state index in [1.807, 2.05) is 6.07 Å². The molecule has 17 heavy (non-hydrogen) atoms. The predicted octanol–water partition coefficient (Wildman–Crippen LogP) is 2.32. The van der Waals surface area contributed by atoms with Gasteiger partial charge in [-0.3, -0.25) is 0 Å². The lowest BCUT2D eigenvalue weighted by molar-refractivity contribution is 0.319. The molecule has 0 aliphatic rings. The van der Waals surface area contributed by atoms with Gasteiger partial charge in [0.15, 0.2) is 0 Å². The van der Waals surface area contributed by atoms with Crippen LogP contribution in [0.3, 0.4) is 0 Å². The van der Waals surface area contributed by atoms with Crippen LogP contribution in [-0.4, -0.2) is 21.1 Å². The fourth-order valence-electron chi connectivity index (χ4n) is 1.58. The van der Waals surface area contributed by atoms with Gasteiger partial charge in [-0.05, 0) is 18.2 Å². The molecule has 0 heterocycles. The summed E-state index contributed by atoms with van der Waals surface area (Å²) in [5.74, 6) is -0.0608. The normalized spacial score (nSPS) is 11.4. The van der Waals surface area contributed by atoms with Crippen molar-refractivity contribution >= 4 is 5.71 Å². The average Bonchev–Trinajstić information content (AvgIpc) is 2.36. The molecule has 4 nitrogen and oxygen atoms in total. The quantitative estimate of drug-likeness (QED) is 0.320. The van der Waals surface area contributed by atoms with Crippen molar-refractivity contribution in [2.24, 2.45) is 5.16 Å². The van der Waals surface area contributed by atoms with Crippen molar-refractivity contribution in [2.75, 3.05) is 0 Å². The molecule has 2 rings (SSSR count). The highest BCUT2D eigenvalue weighted by Gasteiger charge is 2.12. The molecule has 0 unspecified atom stereocenters. The van der Waals surface area contributed by atoms with Gasteiger partial charge in [-0.1, -0.05) is 35.5 Å². The second-order valence-electron chi connectivity index (χ2n) is 3.52. The Kier molecular flexibility index (Phi) is 2.96. The van der Waals surface area contributed by atoms with Crippen molar-refractivity contribution in [3.05, 3.63) is 59.7 Å². The largest absolute Gasteiger partial charge is 0.508 e. The van der Waals surface area contributed by atoms with Gasteiger partial charge in [0.25, 0.3) is 0 Å². The van der Waals surface area contributed by atoms with E-state index >= 15 is 0 Å². The number of benzene rings is 2. The van der Waals surface area contributed by atoms with E-state index in [1.54, 1.807) is 24.3 Å². The van der Waals surface area contributed by atoms with E-state index in [1.165, 1.54) is 18.2 Å². The molecule has 0 bridgehead atoms. The van der Waals surface area contributed by atoms with Crippen LogP contribution in [0.15, 0.2) is 53.7 Å². The average molecular weight is 229 g/mol. The molecule has 0 saturated carbocycles. The molecule has 0 fully saturated rings. The minimum absolute atomic E-state index is 0.00474. The summed E-state index contributed by atoms with van der Waals surface area (Å²) >= 11 is 0. The number of hydrogen-bond acceptors (Lipinski definition) is 4. The molecule has 86 valence electrons. The van der Waals surface area contributed by atoms with Gasteiger partial charge >= 0.3 is 0 Å². The molecule has 0 aliphatic carbocycles. The lowest BCUT2D eigenvalue weighted by atomic mass is 10.0.